The number of hydrogen-bond acceptors (Lipinski definition) is 6. The van der Waals surface area contributed by atoms with Crippen LogP contribution in [0.5, 0.6) is 0 Å². The molecule has 0 saturated heterocycles. The molecule has 104 valence electrons. The van der Waals surface area contributed by atoms with E-state index >= 15 is 0 Å². The number of aryl methyl sites for hydroxylation is 2. The van der Waals surface area contributed by atoms with Gasteiger partial charge in [-0.1, -0.05) is 17.8 Å². The summed E-state index contributed by atoms with van der Waals surface area (Å²) < 4.78 is 2.23. The van der Waals surface area contributed by atoms with Gasteiger partial charge in [0.1, 0.15) is 5.69 Å². The zero-order valence-electron chi connectivity index (χ0n) is 11.8. The molecule has 0 N–H and O–H groups in total. The molecule has 20 heavy (non-hydrogen) atoms. The Morgan fingerprint density at radius 2 is 2.15 bits per heavy atom. The Hall–Kier alpha value is -1.27. The normalized spacial score (nSPS) is 14.2. The van der Waals surface area contributed by atoms with Crippen molar-refractivity contribution in [2.75, 3.05) is 23.4 Å². The highest BCUT2D eigenvalue weighted by molar-refractivity contribution is 8.00. The number of nitrogens with zero attached hydrogens (tertiary/aromatic N) is 4. The zero-order chi connectivity index (χ0) is 14.1. The van der Waals surface area contributed by atoms with Crippen LogP contribution >= 0.6 is 23.7 Å². The van der Waals surface area contributed by atoms with Crippen LogP contribution in [-0.2, 0) is 6.42 Å². The maximum absolute atomic E-state index is 4.47. The summed E-state index contributed by atoms with van der Waals surface area (Å²) >= 11 is 3.38. The number of hydrogen-bond donors (Lipinski definition) is 0. The van der Waals surface area contributed by atoms with Crippen LogP contribution in [0.25, 0.3) is 11.3 Å². The average molecular weight is 304 g/mol. The third kappa shape index (κ3) is 2.50. The molecule has 0 bridgehead atoms. The van der Waals surface area contributed by atoms with Gasteiger partial charge in [0.15, 0.2) is 0 Å². The summed E-state index contributed by atoms with van der Waals surface area (Å²) in [6, 6.07) is 6.50. The molecule has 4 nitrogen and oxygen atoms in total. The Kier molecular flexibility index (Phi) is 3.85. The lowest BCUT2D eigenvalue weighted by atomic mass is 10.0. The molecule has 0 saturated carbocycles. The number of anilines is 1. The van der Waals surface area contributed by atoms with E-state index in [4.69, 9.17) is 0 Å². The van der Waals surface area contributed by atoms with Crippen LogP contribution in [0.2, 0.25) is 0 Å². The molecule has 0 unspecified atom stereocenters. The molecular formula is C14H16N4S2. The molecule has 2 aromatic rings. The van der Waals surface area contributed by atoms with E-state index in [9.17, 15) is 0 Å². The minimum Gasteiger partial charge on any atom is -0.319 e. The SMILES string of the molecule is CSc1nnc(-c2ccc3c(c2)CCSN3C)c(C)n1. The van der Waals surface area contributed by atoms with Crippen LogP contribution in [0.4, 0.5) is 5.69 Å². The molecule has 0 radical (unpaired) electrons. The lowest BCUT2D eigenvalue weighted by molar-refractivity contribution is 0.824. The van der Waals surface area contributed by atoms with Gasteiger partial charge in [-0.25, -0.2) is 4.98 Å². The van der Waals surface area contributed by atoms with Crippen LogP contribution in [0.1, 0.15) is 11.3 Å². The molecule has 1 aliphatic heterocycles. The Labute approximate surface area is 127 Å². The van der Waals surface area contributed by atoms with E-state index in [2.05, 4.69) is 44.7 Å². The van der Waals surface area contributed by atoms with Gasteiger partial charge in [0.2, 0.25) is 5.16 Å². The van der Waals surface area contributed by atoms with Crippen molar-refractivity contribution in [3.63, 3.8) is 0 Å². The fourth-order valence-corrected chi connectivity index (χ4v) is 3.59. The number of rotatable bonds is 2. The van der Waals surface area contributed by atoms with Gasteiger partial charge in [0.25, 0.3) is 0 Å². The monoisotopic (exact) mass is 304 g/mol. The molecule has 1 aliphatic rings. The fourth-order valence-electron chi connectivity index (χ4n) is 2.34. The second kappa shape index (κ2) is 5.61. The molecule has 1 aromatic heterocycles. The zero-order valence-corrected chi connectivity index (χ0v) is 13.4. The van der Waals surface area contributed by atoms with Crippen molar-refractivity contribution in [2.45, 2.75) is 18.5 Å². The van der Waals surface area contributed by atoms with Crippen molar-refractivity contribution < 1.29 is 0 Å². The molecule has 0 amide bonds. The maximum atomic E-state index is 4.47. The van der Waals surface area contributed by atoms with Gasteiger partial charge in [0, 0.05) is 24.1 Å². The first kappa shape index (κ1) is 13.7. The third-order valence-corrected chi connectivity index (χ3v) is 4.88. The Morgan fingerprint density at radius 3 is 2.90 bits per heavy atom. The van der Waals surface area contributed by atoms with Crippen LogP contribution in [-0.4, -0.2) is 34.2 Å². The number of benzene rings is 1. The molecule has 6 heteroatoms. The summed E-state index contributed by atoms with van der Waals surface area (Å²) in [7, 11) is 2.11. The standard InChI is InChI=1S/C14H16N4S2/c1-9-13(16-17-14(15-9)19-3)11-4-5-12-10(8-11)6-7-20-18(12)2/h4-5,8H,6-7H2,1-3H3. The van der Waals surface area contributed by atoms with E-state index in [-0.39, 0.29) is 0 Å². The summed E-state index contributed by atoms with van der Waals surface area (Å²) in [5.74, 6) is 1.13. The molecule has 2 heterocycles. The first-order valence-corrected chi connectivity index (χ1v) is 8.61. The van der Waals surface area contributed by atoms with E-state index in [1.165, 1.54) is 23.0 Å². The molecular weight excluding hydrogens is 288 g/mol. The minimum atomic E-state index is 0.723. The Bertz CT molecular complexity index is 645. The van der Waals surface area contributed by atoms with Crippen LogP contribution in [0, 0.1) is 6.92 Å². The number of thioether (sulfide) groups is 1. The van der Waals surface area contributed by atoms with Gasteiger partial charge >= 0.3 is 0 Å². The smallest absolute Gasteiger partial charge is 0.209 e. The highest BCUT2D eigenvalue weighted by Crippen LogP contribution is 2.34. The molecule has 0 fully saturated rings. The van der Waals surface area contributed by atoms with Crippen molar-refractivity contribution in [1.82, 2.24) is 15.2 Å². The minimum absolute atomic E-state index is 0.723. The third-order valence-electron chi connectivity index (χ3n) is 3.37. The average Bonchev–Trinajstić information content (AvgIpc) is 2.47. The highest BCUT2D eigenvalue weighted by Gasteiger charge is 2.16. The number of fused-ring (bicyclic) bond motifs is 1. The van der Waals surface area contributed by atoms with E-state index < -0.39 is 0 Å². The van der Waals surface area contributed by atoms with Crippen molar-refractivity contribution in [2.24, 2.45) is 0 Å². The van der Waals surface area contributed by atoms with Gasteiger partial charge in [-0.15, -0.1) is 10.2 Å². The van der Waals surface area contributed by atoms with Gasteiger partial charge in [-0.3, -0.25) is 0 Å². The Balaban J connectivity index is 2.03. The summed E-state index contributed by atoms with van der Waals surface area (Å²) in [5.41, 5.74) is 5.59. The van der Waals surface area contributed by atoms with E-state index in [1.807, 2.05) is 25.1 Å². The number of aromatic nitrogens is 3. The second-order valence-electron chi connectivity index (χ2n) is 4.66. The van der Waals surface area contributed by atoms with E-state index in [0.29, 0.717) is 0 Å². The van der Waals surface area contributed by atoms with E-state index in [1.54, 1.807) is 0 Å². The van der Waals surface area contributed by atoms with Crippen molar-refractivity contribution in [1.29, 1.82) is 0 Å². The summed E-state index contributed by atoms with van der Waals surface area (Å²) in [6.07, 6.45) is 3.06. The topological polar surface area (TPSA) is 41.9 Å². The molecule has 0 spiro atoms. The van der Waals surface area contributed by atoms with Crippen molar-refractivity contribution >= 4 is 29.4 Å². The second-order valence-corrected chi connectivity index (χ2v) is 6.64. The van der Waals surface area contributed by atoms with Crippen molar-refractivity contribution in [3.05, 3.63) is 29.5 Å². The maximum Gasteiger partial charge on any atom is 0.209 e. The summed E-state index contributed by atoms with van der Waals surface area (Å²) in [6.45, 7) is 1.99. The van der Waals surface area contributed by atoms with Crippen LogP contribution in [0.3, 0.4) is 0 Å². The predicted octanol–water partition coefficient (Wildman–Crippen LogP) is 3.21. The molecule has 3 rings (SSSR count). The largest absolute Gasteiger partial charge is 0.319 e. The van der Waals surface area contributed by atoms with E-state index in [0.717, 1.165) is 34.3 Å². The van der Waals surface area contributed by atoms with Crippen LogP contribution < -0.4 is 4.31 Å². The summed E-state index contributed by atoms with van der Waals surface area (Å²) in [5, 5.41) is 9.21. The highest BCUT2D eigenvalue weighted by atomic mass is 32.2. The van der Waals surface area contributed by atoms with Gasteiger partial charge in [0.05, 0.1) is 5.69 Å². The predicted molar refractivity (Wildman–Crippen MR) is 86.3 cm³/mol. The lowest BCUT2D eigenvalue weighted by Crippen LogP contribution is -2.16. The van der Waals surface area contributed by atoms with Gasteiger partial charge in [-0.2, -0.15) is 0 Å². The molecule has 1 aromatic carbocycles. The fraction of sp³-hybridized carbons (Fsp3) is 0.357. The quantitative estimate of drug-likeness (QED) is 0.627. The molecule has 0 atom stereocenters. The summed E-state index contributed by atoms with van der Waals surface area (Å²) in [4.78, 5) is 4.47. The first-order chi connectivity index (χ1) is 9.69. The van der Waals surface area contributed by atoms with Crippen molar-refractivity contribution in [3.8, 4) is 11.3 Å². The Morgan fingerprint density at radius 1 is 1.30 bits per heavy atom. The van der Waals surface area contributed by atoms with Crippen LogP contribution in [0.15, 0.2) is 23.4 Å². The first-order valence-electron chi connectivity index (χ1n) is 6.44. The molecule has 0 aliphatic carbocycles. The lowest BCUT2D eigenvalue weighted by Gasteiger charge is -2.26. The van der Waals surface area contributed by atoms with Gasteiger partial charge < -0.3 is 4.31 Å². The van der Waals surface area contributed by atoms with Gasteiger partial charge in [-0.05, 0) is 49.2 Å².